The van der Waals surface area contributed by atoms with Crippen molar-refractivity contribution in [2.24, 2.45) is 0 Å². The van der Waals surface area contributed by atoms with E-state index in [-0.39, 0.29) is 0 Å². The van der Waals surface area contributed by atoms with E-state index in [4.69, 9.17) is 24.4 Å². The lowest BCUT2D eigenvalue weighted by atomic mass is 9.93. The zero-order valence-electron chi connectivity index (χ0n) is 34.0. The molecule has 63 heavy (non-hydrogen) atoms. The summed E-state index contributed by atoms with van der Waals surface area (Å²) in [7, 11) is 0. The average molecular weight is 805 g/mol. The molecule has 0 atom stereocenters. The largest absolute Gasteiger partial charge is 0.456 e. The number of hydrogen-bond donors (Lipinski definition) is 0. The second-order valence-electron chi connectivity index (χ2n) is 15.8. The standard InChI is InChI=1S/C58H36N4O/c1-4-13-42(14-5-1)54-49-35-36-51-53(47-19-10-11-22-50(47)63-51)52(49)48-21-12-20-46(55(48)59-54)41-31-27-39(28-32-41)37-23-25-38(26-24-37)40-29-33-45(34-30-40)58-61-56(43-15-6-2-7-16-43)60-57(62-58)44-17-8-3-9-18-44/h1-36H. The van der Waals surface area contributed by atoms with Crippen LogP contribution in [0.5, 0.6) is 0 Å². The van der Waals surface area contributed by atoms with Crippen LogP contribution in [0.1, 0.15) is 0 Å². The van der Waals surface area contributed by atoms with E-state index < -0.39 is 0 Å². The predicted molar refractivity (Wildman–Crippen MR) is 258 cm³/mol. The molecule has 0 aliphatic rings. The van der Waals surface area contributed by atoms with Crippen molar-refractivity contribution in [1.82, 2.24) is 19.9 Å². The van der Waals surface area contributed by atoms with Gasteiger partial charge in [0.2, 0.25) is 0 Å². The quantitative estimate of drug-likeness (QED) is 0.150. The molecule has 0 bridgehead atoms. The second-order valence-corrected chi connectivity index (χ2v) is 15.8. The SMILES string of the molecule is c1ccc(-c2nc(-c3ccccc3)nc(-c3ccc(-c4ccc(-c5ccc(-c6cccc7c6nc(-c6ccccc6)c6ccc8oc9ccccc9c8c67)cc5)cc4)cc3)n2)cc1. The van der Waals surface area contributed by atoms with Crippen LogP contribution in [-0.2, 0) is 0 Å². The fraction of sp³-hybridized carbons (Fsp3) is 0. The Morgan fingerprint density at radius 2 is 0.698 bits per heavy atom. The molecule has 0 fully saturated rings. The predicted octanol–water partition coefficient (Wildman–Crippen LogP) is 15.1. The molecule has 5 nitrogen and oxygen atoms in total. The maximum atomic E-state index is 6.38. The molecule has 12 aromatic rings. The maximum absolute atomic E-state index is 6.38. The molecule has 12 rings (SSSR count). The highest BCUT2D eigenvalue weighted by Gasteiger charge is 2.19. The number of para-hydroxylation sites is 2. The van der Waals surface area contributed by atoms with Crippen LogP contribution in [0.25, 0.3) is 122 Å². The Morgan fingerprint density at radius 1 is 0.254 bits per heavy atom. The Labute approximate surface area is 363 Å². The zero-order chi connectivity index (χ0) is 41.7. The zero-order valence-corrected chi connectivity index (χ0v) is 34.0. The monoisotopic (exact) mass is 804 g/mol. The topological polar surface area (TPSA) is 64.7 Å². The second kappa shape index (κ2) is 15.2. The van der Waals surface area contributed by atoms with Crippen molar-refractivity contribution >= 4 is 43.6 Å². The molecule has 3 heterocycles. The third kappa shape index (κ3) is 6.51. The minimum absolute atomic E-state index is 0.640. The van der Waals surface area contributed by atoms with Crippen LogP contribution in [0.15, 0.2) is 223 Å². The van der Waals surface area contributed by atoms with Gasteiger partial charge >= 0.3 is 0 Å². The Balaban J connectivity index is 0.868. The fourth-order valence-corrected chi connectivity index (χ4v) is 8.83. The molecule has 9 aromatic carbocycles. The summed E-state index contributed by atoms with van der Waals surface area (Å²) >= 11 is 0. The summed E-state index contributed by atoms with van der Waals surface area (Å²) in [5, 5.41) is 5.61. The van der Waals surface area contributed by atoms with Crippen molar-refractivity contribution in [2.45, 2.75) is 0 Å². The summed E-state index contributed by atoms with van der Waals surface area (Å²) in [6.07, 6.45) is 0. The van der Waals surface area contributed by atoms with Gasteiger partial charge in [0.05, 0.1) is 11.2 Å². The number of aromatic nitrogens is 4. The number of hydrogen-bond acceptors (Lipinski definition) is 5. The van der Waals surface area contributed by atoms with Crippen LogP contribution >= 0.6 is 0 Å². The minimum atomic E-state index is 0.640. The van der Waals surface area contributed by atoms with Gasteiger partial charge < -0.3 is 4.42 Å². The van der Waals surface area contributed by atoms with Gasteiger partial charge in [-0.25, -0.2) is 19.9 Å². The number of furan rings is 1. The molecule has 0 saturated heterocycles. The van der Waals surface area contributed by atoms with Gasteiger partial charge in [0.1, 0.15) is 11.2 Å². The van der Waals surface area contributed by atoms with E-state index in [1.54, 1.807) is 0 Å². The molecule has 0 aliphatic carbocycles. The van der Waals surface area contributed by atoms with Gasteiger partial charge in [0.15, 0.2) is 17.5 Å². The van der Waals surface area contributed by atoms with Gasteiger partial charge in [-0.15, -0.1) is 0 Å². The van der Waals surface area contributed by atoms with Crippen LogP contribution in [0.3, 0.4) is 0 Å². The van der Waals surface area contributed by atoms with Crippen LogP contribution in [0, 0.1) is 0 Å². The molecule has 0 aliphatic heterocycles. The molecule has 5 heteroatoms. The Morgan fingerprint density at radius 3 is 1.25 bits per heavy atom. The van der Waals surface area contributed by atoms with E-state index in [1.807, 2.05) is 72.8 Å². The van der Waals surface area contributed by atoms with Crippen molar-refractivity contribution in [1.29, 1.82) is 0 Å². The van der Waals surface area contributed by atoms with Crippen molar-refractivity contribution in [3.05, 3.63) is 218 Å². The lowest BCUT2D eigenvalue weighted by Crippen LogP contribution is -2.00. The first-order valence-electron chi connectivity index (χ1n) is 21.1. The highest BCUT2D eigenvalue weighted by atomic mass is 16.3. The van der Waals surface area contributed by atoms with Crippen molar-refractivity contribution in [3.63, 3.8) is 0 Å². The lowest BCUT2D eigenvalue weighted by Gasteiger charge is -2.14. The van der Waals surface area contributed by atoms with Crippen molar-refractivity contribution in [3.8, 4) is 78.8 Å². The van der Waals surface area contributed by atoms with Crippen LogP contribution in [0.2, 0.25) is 0 Å². The van der Waals surface area contributed by atoms with E-state index in [1.165, 1.54) is 0 Å². The third-order valence-corrected chi connectivity index (χ3v) is 12.0. The van der Waals surface area contributed by atoms with Crippen LogP contribution < -0.4 is 0 Å². The van der Waals surface area contributed by atoms with Gasteiger partial charge in [0.25, 0.3) is 0 Å². The van der Waals surface area contributed by atoms with E-state index >= 15 is 0 Å². The summed E-state index contributed by atoms with van der Waals surface area (Å²) in [4.78, 5) is 20.1. The highest BCUT2D eigenvalue weighted by Crippen LogP contribution is 2.43. The fourth-order valence-electron chi connectivity index (χ4n) is 8.83. The smallest absolute Gasteiger partial charge is 0.164 e. The summed E-state index contributed by atoms with van der Waals surface area (Å²) < 4.78 is 6.38. The number of pyridine rings is 1. The number of fused-ring (bicyclic) bond motifs is 7. The van der Waals surface area contributed by atoms with Gasteiger partial charge in [-0.1, -0.05) is 200 Å². The average Bonchev–Trinajstić information content (AvgIpc) is 3.76. The summed E-state index contributed by atoms with van der Waals surface area (Å²) in [6, 6.07) is 75.8. The van der Waals surface area contributed by atoms with Crippen LogP contribution in [0.4, 0.5) is 0 Å². The minimum Gasteiger partial charge on any atom is -0.456 e. The molecule has 0 radical (unpaired) electrons. The van der Waals surface area contributed by atoms with Gasteiger partial charge in [0, 0.05) is 54.7 Å². The summed E-state index contributed by atoms with van der Waals surface area (Å²) in [5.74, 6) is 1.94. The molecule has 0 N–H and O–H groups in total. The van der Waals surface area contributed by atoms with E-state index in [2.05, 4.69) is 146 Å². The molecule has 294 valence electrons. The van der Waals surface area contributed by atoms with E-state index in [9.17, 15) is 0 Å². The normalized spacial score (nSPS) is 11.5. The molecule has 0 saturated carbocycles. The summed E-state index contributed by atoms with van der Waals surface area (Å²) in [5.41, 5.74) is 14.4. The Kier molecular flexibility index (Phi) is 8.75. The molecule has 3 aromatic heterocycles. The van der Waals surface area contributed by atoms with Crippen molar-refractivity contribution in [2.75, 3.05) is 0 Å². The van der Waals surface area contributed by atoms with Gasteiger partial charge in [-0.05, 0) is 46.0 Å². The first-order valence-corrected chi connectivity index (χ1v) is 21.1. The third-order valence-electron chi connectivity index (χ3n) is 12.0. The van der Waals surface area contributed by atoms with Crippen LogP contribution in [-0.4, -0.2) is 19.9 Å². The number of rotatable bonds is 7. The molecular weight excluding hydrogens is 769 g/mol. The highest BCUT2D eigenvalue weighted by molar-refractivity contribution is 6.29. The van der Waals surface area contributed by atoms with E-state index in [0.29, 0.717) is 17.5 Å². The number of benzene rings is 9. The molecule has 0 spiro atoms. The van der Waals surface area contributed by atoms with Gasteiger partial charge in [-0.2, -0.15) is 0 Å². The lowest BCUT2D eigenvalue weighted by molar-refractivity contribution is 0.669. The molecule has 0 amide bonds. The Hall–Kier alpha value is -8.54. The summed E-state index contributed by atoms with van der Waals surface area (Å²) in [6.45, 7) is 0. The maximum Gasteiger partial charge on any atom is 0.164 e. The molecule has 0 unspecified atom stereocenters. The van der Waals surface area contributed by atoms with E-state index in [0.717, 1.165) is 105 Å². The number of nitrogens with zero attached hydrogens (tertiary/aromatic N) is 4. The van der Waals surface area contributed by atoms with Gasteiger partial charge in [-0.3, -0.25) is 0 Å². The first-order chi connectivity index (χ1) is 31.2. The first kappa shape index (κ1) is 36.3. The Bertz CT molecular complexity index is 3570. The van der Waals surface area contributed by atoms with Crippen molar-refractivity contribution < 1.29 is 4.42 Å². The molecular formula is C58H36N4O.